The third-order valence-corrected chi connectivity index (χ3v) is 7.34. The van der Waals surface area contributed by atoms with Crippen molar-refractivity contribution in [1.82, 2.24) is 10.2 Å². The molecule has 10 heteroatoms. The second kappa shape index (κ2) is 12.1. The molecule has 2 heterocycles. The SMILES string of the molecule is CCCCNC(=O)CC1N=C2c3ccccc3N=C(SC(CC)C(=O)Nc3cccc(OC)c3)N2C1=O. The molecule has 0 bridgehead atoms. The number of nitrogens with one attached hydrogen (secondary N) is 2. The maximum Gasteiger partial charge on any atom is 0.259 e. The molecule has 0 aromatic heterocycles. The average Bonchev–Trinajstić information content (AvgIpc) is 3.23. The first kappa shape index (κ1) is 26.4. The molecule has 2 aromatic rings. The molecule has 0 radical (unpaired) electrons. The van der Waals surface area contributed by atoms with E-state index < -0.39 is 11.3 Å². The molecular formula is C27H31N5O4S. The van der Waals surface area contributed by atoms with E-state index in [4.69, 9.17) is 9.73 Å². The lowest BCUT2D eigenvalue weighted by atomic mass is 10.1. The van der Waals surface area contributed by atoms with Gasteiger partial charge in [0.15, 0.2) is 5.17 Å². The first-order chi connectivity index (χ1) is 17.9. The molecule has 0 fully saturated rings. The number of aliphatic imine (C=N–C) groups is 2. The number of ether oxygens (including phenoxy) is 1. The fourth-order valence-electron chi connectivity index (χ4n) is 4.04. The highest BCUT2D eigenvalue weighted by atomic mass is 32.2. The third-order valence-electron chi connectivity index (χ3n) is 6.03. The summed E-state index contributed by atoms with van der Waals surface area (Å²) >= 11 is 1.21. The number of carbonyl (C=O) groups excluding carboxylic acids is 3. The van der Waals surface area contributed by atoms with Gasteiger partial charge in [0.2, 0.25) is 11.8 Å². The molecule has 2 aromatic carbocycles. The van der Waals surface area contributed by atoms with Gasteiger partial charge in [-0.2, -0.15) is 0 Å². The standard InChI is InChI=1S/C27H31N5O4S/c1-4-6-14-28-23(33)16-21-26(35)32-24(30-21)19-12-7-8-13-20(19)31-27(32)37-22(5-2)25(34)29-17-10-9-11-18(15-17)36-3/h7-13,15,21-22H,4-6,14,16H2,1-3H3,(H,28,33)(H,29,34). The monoisotopic (exact) mass is 521 g/mol. The lowest BCUT2D eigenvalue weighted by Gasteiger charge is -2.27. The van der Waals surface area contributed by atoms with E-state index in [2.05, 4.69) is 15.6 Å². The summed E-state index contributed by atoms with van der Waals surface area (Å²) < 4.78 is 5.24. The molecule has 37 heavy (non-hydrogen) atoms. The van der Waals surface area contributed by atoms with Crippen LogP contribution in [0.15, 0.2) is 58.5 Å². The van der Waals surface area contributed by atoms with E-state index in [1.807, 2.05) is 38.1 Å². The number of methoxy groups -OCH3 is 1. The summed E-state index contributed by atoms with van der Waals surface area (Å²) in [5.41, 5.74) is 2.01. The van der Waals surface area contributed by atoms with Crippen molar-refractivity contribution < 1.29 is 19.1 Å². The molecule has 0 aliphatic carbocycles. The van der Waals surface area contributed by atoms with E-state index in [0.717, 1.165) is 18.4 Å². The highest BCUT2D eigenvalue weighted by Crippen LogP contribution is 2.36. The second-order valence-corrected chi connectivity index (χ2v) is 9.87. The van der Waals surface area contributed by atoms with Crippen molar-refractivity contribution in [3.8, 4) is 5.75 Å². The summed E-state index contributed by atoms with van der Waals surface area (Å²) in [5.74, 6) is 0.371. The molecule has 2 unspecified atom stereocenters. The van der Waals surface area contributed by atoms with Crippen LogP contribution in [0.3, 0.4) is 0 Å². The van der Waals surface area contributed by atoms with Gasteiger partial charge in [-0.05, 0) is 37.1 Å². The Morgan fingerprint density at radius 2 is 1.97 bits per heavy atom. The molecule has 2 aliphatic heterocycles. The number of benzene rings is 2. The van der Waals surface area contributed by atoms with Crippen LogP contribution in [0, 0.1) is 0 Å². The van der Waals surface area contributed by atoms with Gasteiger partial charge in [0.1, 0.15) is 17.6 Å². The van der Waals surface area contributed by atoms with Crippen LogP contribution in [0.25, 0.3) is 0 Å². The Hall–Kier alpha value is -3.66. The van der Waals surface area contributed by atoms with Crippen LogP contribution in [0.1, 0.15) is 45.1 Å². The topological polar surface area (TPSA) is 112 Å². The largest absolute Gasteiger partial charge is 0.497 e. The Labute approximate surface area is 220 Å². The van der Waals surface area contributed by atoms with Gasteiger partial charge in [-0.25, -0.2) is 9.89 Å². The fraction of sp³-hybridized carbons (Fsp3) is 0.370. The molecular weight excluding hydrogens is 490 g/mol. The molecule has 2 atom stereocenters. The van der Waals surface area contributed by atoms with Gasteiger partial charge < -0.3 is 15.4 Å². The van der Waals surface area contributed by atoms with E-state index in [1.165, 1.54) is 16.7 Å². The van der Waals surface area contributed by atoms with Crippen molar-refractivity contribution in [3.05, 3.63) is 54.1 Å². The van der Waals surface area contributed by atoms with Crippen molar-refractivity contribution >= 4 is 51.9 Å². The average molecular weight is 522 g/mol. The van der Waals surface area contributed by atoms with Gasteiger partial charge in [-0.3, -0.25) is 19.4 Å². The van der Waals surface area contributed by atoms with Crippen LogP contribution in [0.2, 0.25) is 0 Å². The minimum absolute atomic E-state index is 0.0316. The van der Waals surface area contributed by atoms with Gasteiger partial charge in [0.05, 0.1) is 24.5 Å². The van der Waals surface area contributed by atoms with E-state index in [9.17, 15) is 14.4 Å². The van der Waals surface area contributed by atoms with Gasteiger partial charge in [-0.15, -0.1) is 0 Å². The third kappa shape index (κ3) is 6.02. The first-order valence-corrected chi connectivity index (χ1v) is 13.3. The number of hydrogen-bond donors (Lipinski definition) is 2. The lowest BCUT2D eigenvalue weighted by molar-refractivity contribution is -0.128. The number of carbonyl (C=O) groups is 3. The number of nitrogens with zero attached hydrogens (tertiary/aromatic N) is 3. The molecule has 0 saturated heterocycles. The molecule has 194 valence electrons. The van der Waals surface area contributed by atoms with Gasteiger partial charge >= 0.3 is 0 Å². The number of thioether (sulfide) groups is 1. The normalized spacial score (nSPS) is 16.8. The minimum Gasteiger partial charge on any atom is -0.497 e. The van der Waals surface area contributed by atoms with Gasteiger partial charge in [-0.1, -0.05) is 50.2 Å². The van der Waals surface area contributed by atoms with E-state index >= 15 is 0 Å². The molecule has 9 nitrogen and oxygen atoms in total. The molecule has 2 N–H and O–H groups in total. The van der Waals surface area contributed by atoms with E-state index in [1.54, 1.807) is 31.4 Å². The van der Waals surface area contributed by atoms with Crippen LogP contribution < -0.4 is 15.4 Å². The Balaban J connectivity index is 1.55. The van der Waals surface area contributed by atoms with Crippen molar-refractivity contribution in [2.75, 3.05) is 19.0 Å². The maximum atomic E-state index is 13.4. The van der Waals surface area contributed by atoms with E-state index in [0.29, 0.717) is 41.1 Å². The number of fused-ring (bicyclic) bond motifs is 3. The Bertz CT molecular complexity index is 1240. The van der Waals surface area contributed by atoms with Crippen molar-refractivity contribution in [3.63, 3.8) is 0 Å². The van der Waals surface area contributed by atoms with Crippen LogP contribution in [-0.4, -0.2) is 58.6 Å². The summed E-state index contributed by atoms with van der Waals surface area (Å²) in [6.45, 7) is 4.53. The van der Waals surface area contributed by atoms with Gasteiger partial charge in [0.25, 0.3) is 5.91 Å². The Morgan fingerprint density at radius 1 is 1.16 bits per heavy atom. The summed E-state index contributed by atoms with van der Waals surface area (Å²) in [5, 5.41) is 5.64. The zero-order valence-electron chi connectivity index (χ0n) is 21.2. The lowest BCUT2D eigenvalue weighted by Crippen LogP contribution is -2.43. The van der Waals surface area contributed by atoms with Crippen LogP contribution in [-0.2, 0) is 14.4 Å². The van der Waals surface area contributed by atoms with Crippen LogP contribution in [0.5, 0.6) is 5.75 Å². The summed E-state index contributed by atoms with van der Waals surface area (Å²) in [6, 6.07) is 13.7. The number of para-hydroxylation sites is 1. The van der Waals surface area contributed by atoms with Crippen molar-refractivity contribution in [2.24, 2.45) is 9.98 Å². The zero-order valence-corrected chi connectivity index (χ0v) is 22.0. The number of hydrogen-bond acceptors (Lipinski definition) is 7. The minimum atomic E-state index is -0.834. The predicted molar refractivity (Wildman–Crippen MR) is 147 cm³/mol. The van der Waals surface area contributed by atoms with E-state index in [-0.39, 0.29) is 24.1 Å². The summed E-state index contributed by atoms with van der Waals surface area (Å²) in [6.07, 6.45) is 2.33. The first-order valence-electron chi connectivity index (χ1n) is 12.4. The molecule has 4 rings (SSSR count). The van der Waals surface area contributed by atoms with Crippen molar-refractivity contribution in [1.29, 1.82) is 0 Å². The highest BCUT2D eigenvalue weighted by Gasteiger charge is 2.43. The van der Waals surface area contributed by atoms with Crippen LogP contribution >= 0.6 is 11.8 Å². The van der Waals surface area contributed by atoms with Gasteiger partial charge in [0, 0.05) is 23.9 Å². The number of unbranched alkanes of at least 4 members (excludes halogenated alkanes) is 1. The molecule has 0 saturated carbocycles. The molecule has 2 aliphatic rings. The fourth-order valence-corrected chi connectivity index (χ4v) is 5.06. The Morgan fingerprint density at radius 3 is 2.73 bits per heavy atom. The zero-order chi connectivity index (χ0) is 26.4. The Kier molecular flexibility index (Phi) is 8.60. The number of amides is 3. The highest BCUT2D eigenvalue weighted by molar-refractivity contribution is 8.15. The quantitative estimate of drug-likeness (QED) is 0.457. The second-order valence-electron chi connectivity index (χ2n) is 8.70. The summed E-state index contributed by atoms with van der Waals surface area (Å²) in [7, 11) is 1.57. The van der Waals surface area contributed by atoms with Crippen molar-refractivity contribution in [2.45, 2.75) is 50.8 Å². The number of rotatable bonds is 10. The smallest absolute Gasteiger partial charge is 0.259 e. The maximum absolute atomic E-state index is 13.4. The molecule has 3 amide bonds. The molecule has 0 spiro atoms. The number of amidine groups is 2. The van der Waals surface area contributed by atoms with Crippen LogP contribution in [0.4, 0.5) is 11.4 Å². The summed E-state index contributed by atoms with van der Waals surface area (Å²) in [4.78, 5) is 49.9. The predicted octanol–water partition coefficient (Wildman–Crippen LogP) is 4.11. The number of anilines is 1.